The van der Waals surface area contributed by atoms with Gasteiger partial charge in [-0.15, -0.1) is 0 Å². The maximum atomic E-state index is 12.7. The van der Waals surface area contributed by atoms with E-state index in [1.807, 2.05) is 42.7 Å². The van der Waals surface area contributed by atoms with E-state index >= 15 is 0 Å². The molecule has 1 aliphatic heterocycles. The highest BCUT2D eigenvalue weighted by molar-refractivity contribution is 5.96. The molecule has 0 unspecified atom stereocenters. The summed E-state index contributed by atoms with van der Waals surface area (Å²) in [5, 5.41) is 2.89. The second-order valence-electron chi connectivity index (χ2n) is 6.75. The normalized spacial score (nSPS) is 16.2. The molecule has 0 radical (unpaired) electrons. The molecular formula is C19H24N4O3. The predicted octanol–water partition coefficient (Wildman–Crippen LogP) is 1.50. The van der Waals surface area contributed by atoms with Crippen molar-refractivity contribution in [3.05, 3.63) is 47.4 Å². The minimum Gasteiger partial charge on any atom is -0.381 e. The molecule has 2 aromatic rings. The molecule has 2 amide bonds. The molecular weight excluding hydrogens is 332 g/mol. The summed E-state index contributed by atoms with van der Waals surface area (Å²) in [7, 11) is 0. The van der Waals surface area contributed by atoms with Crippen LogP contribution in [0.2, 0.25) is 0 Å². The summed E-state index contributed by atoms with van der Waals surface area (Å²) in [6, 6.07) is 7.48. The zero-order valence-corrected chi connectivity index (χ0v) is 15.1. The molecule has 0 spiro atoms. The predicted molar refractivity (Wildman–Crippen MR) is 97.1 cm³/mol. The number of aryl methyl sites for hydroxylation is 1. The smallest absolute Gasteiger partial charge is 0.253 e. The fourth-order valence-corrected chi connectivity index (χ4v) is 3.45. The number of primary amides is 1. The second kappa shape index (κ2) is 7.29. The first-order valence-corrected chi connectivity index (χ1v) is 8.71. The number of nitrogens with one attached hydrogen (secondary N) is 1. The second-order valence-corrected chi connectivity index (χ2v) is 6.75. The van der Waals surface area contributed by atoms with E-state index in [1.54, 1.807) is 6.20 Å². The average Bonchev–Trinajstić information content (AvgIpc) is 2.95. The van der Waals surface area contributed by atoms with Crippen LogP contribution < -0.4 is 11.1 Å². The molecule has 138 valence electrons. The lowest BCUT2D eigenvalue weighted by Gasteiger charge is -2.34. The standard InChI is InChI=1S/C19H24N4O3/c1-13-11-15(14(2)23(13)16-5-3-4-8-21-16)17(24)22-12-19(18(20)25)6-9-26-10-7-19/h3-5,8,11H,6-7,9-10,12H2,1-2H3,(H2,20,25)(H,22,24). The Morgan fingerprint density at radius 2 is 2.04 bits per heavy atom. The molecule has 3 heterocycles. The number of nitrogens with two attached hydrogens (primary N) is 1. The van der Waals surface area contributed by atoms with Crippen LogP contribution in [0.3, 0.4) is 0 Å². The van der Waals surface area contributed by atoms with E-state index in [4.69, 9.17) is 10.5 Å². The van der Waals surface area contributed by atoms with Gasteiger partial charge >= 0.3 is 0 Å². The topological polar surface area (TPSA) is 99.2 Å². The number of aromatic nitrogens is 2. The third-order valence-electron chi connectivity index (χ3n) is 5.11. The zero-order valence-electron chi connectivity index (χ0n) is 15.1. The maximum absolute atomic E-state index is 12.7. The highest BCUT2D eigenvalue weighted by atomic mass is 16.5. The van der Waals surface area contributed by atoms with Gasteiger partial charge in [-0.05, 0) is 44.9 Å². The highest BCUT2D eigenvalue weighted by Gasteiger charge is 2.38. The van der Waals surface area contributed by atoms with Crippen molar-refractivity contribution in [3.8, 4) is 5.82 Å². The van der Waals surface area contributed by atoms with Gasteiger partial charge < -0.3 is 20.4 Å². The lowest BCUT2D eigenvalue weighted by Crippen LogP contribution is -2.49. The van der Waals surface area contributed by atoms with Crippen molar-refractivity contribution >= 4 is 11.8 Å². The zero-order chi connectivity index (χ0) is 18.7. The lowest BCUT2D eigenvalue weighted by atomic mass is 9.79. The summed E-state index contributed by atoms with van der Waals surface area (Å²) >= 11 is 0. The highest BCUT2D eigenvalue weighted by Crippen LogP contribution is 2.29. The Morgan fingerprint density at radius 3 is 2.65 bits per heavy atom. The first kappa shape index (κ1) is 18.1. The van der Waals surface area contributed by atoms with Crippen LogP contribution in [0.4, 0.5) is 0 Å². The first-order valence-electron chi connectivity index (χ1n) is 8.71. The van der Waals surface area contributed by atoms with Crippen LogP contribution in [0.25, 0.3) is 5.82 Å². The van der Waals surface area contributed by atoms with Crippen molar-refractivity contribution in [3.63, 3.8) is 0 Å². The maximum Gasteiger partial charge on any atom is 0.253 e. The summed E-state index contributed by atoms with van der Waals surface area (Å²) in [5.74, 6) is 0.159. The number of hydrogen-bond donors (Lipinski definition) is 2. The molecule has 0 saturated carbocycles. The van der Waals surface area contributed by atoms with Gasteiger partial charge in [-0.1, -0.05) is 6.07 Å². The van der Waals surface area contributed by atoms with E-state index in [2.05, 4.69) is 10.3 Å². The van der Waals surface area contributed by atoms with Crippen LogP contribution in [-0.2, 0) is 9.53 Å². The number of carbonyl (C=O) groups is 2. The van der Waals surface area contributed by atoms with Gasteiger partial charge in [0.05, 0.1) is 11.0 Å². The van der Waals surface area contributed by atoms with Gasteiger partial charge in [0.2, 0.25) is 5.91 Å². The van der Waals surface area contributed by atoms with Gasteiger partial charge in [0.15, 0.2) is 0 Å². The van der Waals surface area contributed by atoms with Crippen molar-refractivity contribution in [2.75, 3.05) is 19.8 Å². The van der Waals surface area contributed by atoms with Crippen molar-refractivity contribution < 1.29 is 14.3 Å². The summed E-state index contributed by atoms with van der Waals surface area (Å²) in [6.45, 7) is 4.99. The molecule has 0 atom stereocenters. The first-order chi connectivity index (χ1) is 12.4. The van der Waals surface area contributed by atoms with E-state index in [1.165, 1.54) is 0 Å². The quantitative estimate of drug-likeness (QED) is 0.848. The number of rotatable bonds is 5. The summed E-state index contributed by atoms with van der Waals surface area (Å²) in [4.78, 5) is 29.0. The molecule has 7 heteroatoms. The lowest BCUT2D eigenvalue weighted by molar-refractivity contribution is -0.132. The molecule has 0 bridgehead atoms. The molecule has 26 heavy (non-hydrogen) atoms. The average molecular weight is 356 g/mol. The fourth-order valence-electron chi connectivity index (χ4n) is 3.45. The van der Waals surface area contributed by atoms with Crippen LogP contribution >= 0.6 is 0 Å². The molecule has 0 aliphatic carbocycles. The fraction of sp³-hybridized carbons (Fsp3) is 0.421. The number of carbonyl (C=O) groups excluding carboxylic acids is 2. The van der Waals surface area contributed by atoms with Gasteiger partial charge in [0.1, 0.15) is 5.82 Å². The van der Waals surface area contributed by atoms with E-state index in [9.17, 15) is 9.59 Å². The summed E-state index contributed by atoms with van der Waals surface area (Å²) < 4.78 is 7.26. The van der Waals surface area contributed by atoms with E-state index in [-0.39, 0.29) is 18.4 Å². The monoisotopic (exact) mass is 356 g/mol. The molecule has 1 aliphatic rings. The van der Waals surface area contributed by atoms with E-state index < -0.39 is 5.41 Å². The molecule has 3 rings (SSSR count). The Bertz CT molecular complexity index is 808. The van der Waals surface area contributed by atoms with Crippen molar-refractivity contribution in [2.24, 2.45) is 11.1 Å². The van der Waals surface area contributed by atoms with Crippen LogP contribution in [-0.4, -0.2) is 41.1 Å². The van der Waals surface area contributed by atoms with Gasteiger partial charge in [-0.2, -0.15) is 0 Å². The molecule has 1 saturated heterocycles. The third kappa shape index (κ3) is 3.35. The molecule has 3 N–H and O–H groups in total. The van der Waals surface area contributed by atoms with Gasteiger partial charge in [-0.25, -0.2) is 4.98 Å². The molecule has 2 aromatic heterocycles. The largest absolute Gasteiger partial charge is 0.381 e. The minimum atomic E-state index is -0.736. The SMILES string of the molecule is Cc1cc(C(=O)NCC2(C(N)=O)CCOCC2)c(C)n1-c1ccccn1. The van der Waals surface area contributed by atoms with E-state index in [0.29, 0.717) is 31.6 Å². The van der Waals surface area contributed by atoms with Crippen molar-refractivity contribution in [1.29, 1.82) is 0 Å². The van der Waals surface area contributed by atoms with Crippen LogP contribution in [0, 0.1) is 19.3 Å². The molecule has 1 fully saturated rings. The Morgan fingerprint density at radius 1 is 1.31 bits per heavy atom. The van der Waals surface area contributed by atoms with Gasteiger partial charge in [0.25, 0.3) is 5.91 Å². The van der Waals surface area contributed by atoms with Crippen molar-refractivity contribution in [1.82, 2.24) is 14.9 Å². The third-order valence-corrected chi connectivity index (χ3v) is 5.11. The Labute approximate surface area is 152 Å². The Kier molecular flexibility index (Phi) is 5.08. The number of amides is 2. The van der Waals surface area contributed by atoms with Gasteiger partial charge in [0, 0.05) is 37.3 Å². The number of hydrogen-bond acceptors (Lipinski definition) is 4. The van der Waals surface area contributed by atoms with Crippen molar-refractivity contribution in [2.45, 2.75) is 26.7 Å². The summed E-state index contributed by atoms with van der Waals surface area (Å²) in [5.41, 5.74) is 7.16. The van der Waals surface area contributed by atoms with Crippen LogP contribution in [0.15, 0.2) is 30.5 Å². The summed E-state index contributed by atoms with van der Waals surface area (Å²) in [6.07, 6.45) is 2.76. The molecule has 0 aromatic carbocycles. The Hall–Kier alpha value is -2.67. The number of ether oxygens (including phenoxy) is 1. The van der Waals surface area contributed by atoms with Crippen LogP contribution in [0.1, 0.15) is 34.6 Å². The Balaban J connectivity index is 1.79. The number of pyridine rings is 1. The minimum absolute atomic E-state index is 0.215. The molecule has 7 nitrogen and oxygen atoms in total. The van der Waals surface area contributed by atoms with Gasteiger partial charge in [-0.3, -0.25) is 9.59 Å². The number of nitrogens with zero attached hydrogens (tertiary/aromatic N) is 2. The van der Waals surface area contributed by atoms with E-state index in [0.717, 1.165) is 17.2 Å². The van der Waals surface area contributed by atoms with Crippen LogP contribution in [0.5, 0.6) is 0 Å².